The van der Waals surface area contributed by atoms with Gasteiger partial charge in [0.05, 0.1) is 0 Å². The van der Waals surface area contributed by atoms with Crippen molar-refractivity contribution in [3.63, 3.8) is 0 Å². The van der Waals surface area contributed by atoms with Gasteiger partial charge in [-0.2, -0.15) is 0 Å². The largest absolute Gasteiger partial charge is 0.326 e. The molecule has 1 aromatic rings. The quantitative estimate of drug-likeness (QED) is 0.713. The molecule has 0 bridgehead atoms. The summed E-state index contributed by atoms with van der Waals surface area (Å²) in [7, 11) is 0. The minimum Gasteiger partial charge on any atom is -0.326 e. The van der Waals surface area contributed by atoms with Crippen molar-refractivity contribution in [2.75, 3.05) is 0 Å². The third-order valence-corrected chi connectivity index (χ3v) is 1.93. The van der Waals surface area contributed by atoms with Gasteiger partial charge >= 0.3 is 0 Å². The van der Waals surface area contributed by atoms with Gasteiger partial charge in [0, 0.05) is 18.0 Å². The topological polar surface area (TPSA) is 43.1 Å². The Morgan fingerprint density at radius 3 is 2.85 bits per heavy atom. The second kappa shape index (κ2) is 4.19. The van der Waals surface area contributed by atoms with Crippen LogP contribution >= 0.6 is 0 Å². The zero-order valence-electron chi connectivity index (χ0n) is 8.00. The number of hydrogen-bond acceptors (Lipinski definition) is 2. The van der Waals surface area contributed by atoms with E-state index in [4.69, 9.17) is 5.73 Å². The number of carbonyl (C=O) groups excluding carboxylic acids is 1. The van der Waals surface area contributed by atoms with E-state index in [-0.39, 0.29) is 11.7 Å². The predicted molar refractivity (Wildman–Crippen MR) is 52.3 cm³/mol. The van der Waals surface area contributed by atoms with Crippen LogP contribution in [0.5, 0.6) is 0 Å². The summed E-state index contributed by atoms with van der Waals surface area (Å²) in [4.78, 5) is 11.6. The third kappa shape index (κ3) is 2.16. The van der Waals surface area contributed by atoms with Gasteiger partial charge in [0.1, 0.15) is 0 Å². The SMILES string of the molecule is CC(C)C(=O)c1[c]cccc1CN. The first-order chi connectivity index (χ1) is 6.16. The van der Waals surface area contributed by atoms with Crippen LogP contribution in [0.3, 0.4) is 0 Å². The van der Waals surface area contributed by atoms with Crippen molar-refractivity contribution in [3.05, 3.63) is 35.4 Å². The molecule has 1 rings (SSSR count). The highest BCUT2D eigenvalue weighted by Crippen LogP contribution is 2.12. The molecule has 0 unspecified atom stereocenters. The van der Waals surface area contributed by atoms with Crippen LogP contribution in [0.1, 0.15) is 29.8 Å². The Bertz CT molecular complexity index is 305. The van der Waals surface area contributed by atoms with E-state index in [9.17, 15) is 4.79 Å². The highest BCUT2D eigenvalue weighted by atomic mass is 16.1. The maximum Gasteiger partial charge on any atom is 0.166 e. The Hall–Kier alpha value is -1.15. The van der Waals surface area contributed by atoms with Crippen LogP contribution in [-0.4, -0.2) is 5.78 Å². The van der Waals surface area contributed by atoms with E-state index in [0.29, 0.717) is 12.1 Å². The molecule has 0 amide bonds. The Balaban J connectivity index is 3.06. The highest BCUT2D eigenvalue weighted by Gasteiger charge is 2.13. The Morgan fingerprint density at radius 1 is 1.62 bits per heavy atom. The number of nitrogens with two attached hydrogens (primary N) is 1. The van der Waals surface area contributed by atoms with Crippen LogP contribution < -0.4 is 5.73 Å². The summed E-state index contributed by atoms with van der Waals surface area (Å²) in [6.07, 6.45) is 0. The fourth-order valence-electron chi connectivity index (χ4n) is 1.16. The van der Waals surface area contributed by atoms with Crippen molar-refractivity contribution in [2.45, 2.75) is 20.4 Å². The lowest BCUT2D eigenvalue weighted by atomic mass is 9.96. The van der Waals surface area contributed by atoms with Gasteiger partial charge in [-0.1, -0.05) is 32.0 Å². The Morgan fingerprint density at radius 2 is 2.31 bits per heavy atom. The molecular formula is C11H14NO. The summed E-state index contributed by atoms with van der Waals surface area (Å²) in [5.74, 6) is 0.116. The van der Waals surface area contributed by atoms with E-state index in [0.717, 1.165) is 5.56 Å². The summed E-state index contributed by atoms with van der Waals surface area (Å²) >= 11 is 0. The lowest BCUT2D eigenvalue weighted by molar-refractivity contribution is 0.0938. The van der Waals surface area contributed by atoms with Gasteiger partial charge in [-0.25, -0.2) is 0 Å². The van der Waals surface area contributed by atoms with E-state index in [1.165, 1.54) is 0 Å². The molecule has 1 radical (unpaired) electrons. The Labute approximate surface area is 78.8 Å². The number of benzene rings is 1. The first kappa shape index (κ1) is 9.93. The normalized spacial score (nSPS) is 10.5. The summed E-state index contributed by atoms with van der Waals surface area (Å²) in [5, 5.41) is 0. The summed E-state index contributed by atoms with van der Waals surface area (Å²) in [6.45, 7) is 4.15. The number of Topliss-reactive ketones (excluding diaryl/α,β-unsaturated/α-hetero) is 1. The average Bonchev–Trinajstić information content (AvgIpc) is 2.16. The second-order valence-corrected chi connectivity index (χ2v) is 3.29. The molecule has 0 aromatic heterocycles. The van der Waals surface area contributed by atoms with Gasteiger partial charge in [-0.05, 0) is 11.6 Å². The molecule has 0 fully saturated rings. The first-order valence-corrected chi connectivity index (χ1v) is 4.40. The predicted octanol–water partition coefficient (Wildman–Crippen LogP) is 1.78. The summed E-state index contributed by atoms with van der Waals surface area (Å²) < 4.78 is 0. The minimum absolute atomic E-state index is 0.00366. The van der Waals surface area contributed by atoms with Gasteiger partial charge in [0.15, 0.2) is 5.78 Å². The van der Waals surface area contributed by atoms with E-state index in [1.54, 1.807) is 6.07 Å². The summed E-state index contributed by atoms with van der Waals surface area (Å²) in [5.41, 5.74) is 7.03. The van der Waals surface area contributed by atoms with E-state index in [2.05, 4.69) is 6.07 Å². The molecule has 0 heterocycles. The molecule has 2 N–H and O–H groups in total. The highest BCUT2D eigenvalue weighted by molar-refractivity contribution is 5.98. The monoisotopic (exact) mass is 176 g/mol. The molecule has 0 atom stereocenters. The van der Waals surface area contributed by atoms with E-state index in [1.807, 2.05) is 26.0 Å². The molecule has 0 aliphatic heterocycles. The minimum atomic E-state index is 0.00366. The van der Waals surface area contributed by atoms with Crippen molar-refractivity contribution in [1.82, 2.24) is 0 Å². The molecule has 1 aromatic carbocycles. The molecular weight excluding hydrogens is 162 g/mol. The maximum atomic E-state index is 11.6. The number of carbonyl (C=O) groups is 1. The first-order valence-electron chi connectivity index (χ1n) is 4.40. The van der Waals surface area contributed by atoms with E-state index < -0.39 is 0 Å². The molecule has 2 heteroatoms. The van der Waals surface area contributed by atoms with Crippen LogP contribution in [0, 0.1) is 12.0 Å². The lowest BCUT2D eigenvalue weighted by Gasteiger charge is -2.07. The van der Waals surface area contributed by atoms with Crippen LogP contribution in [-0.2, 0) is 6.54 Å². The maximum absolute atomic E-state index is 11.6. The van der Waals surface area contributed by atoms with Gasteiger partial charge < -0.3 is 5.73 Å². The molecule has 0 aliphatic carbocycles. The Kier molecular flexibility index (Phi) is 3.20. The van der Waals surface area contributed by atoms with Gasteiger partial charge in [-0.15, -0.1) is 0 Å². The molecule has 13 heavy (non-hydrogen) atoms. The van der Waals surface area contributed by atoms with Crippen LogP contribution in [0.25, 0.3) is 0 Å². The van der Waals surface area contributed by atoms with Crippen molar-refractivity contribution < 1.29 is 4.79 Å². The van der Waals surface area contributed by atoms with Crippen molar-refractivity contribution in [1.29, 1.82) is 0 Å². The fraction of sp³-hybridized carbons (Fsp3) is 0.364. The standard InChI is InChI=1S/C11H14NO/c1-8(2)11(13)10-6-4-3-5-9(10)7-12/h3-5,8H,7,12H2,1-2H3. The lowest BCUT2D eigenvalue weighted by Crippen LogP contribution is -2.12. The van der Waals surface area contributed by atoms with Gasteiger partial charge in [0.25, 0.3) is 0 Å². The molecule has 0 aliphatic rings. The second-order valence-electron chi connectivity index (χ2n) is 3.29. The number of hydrogen-bond donors (Lipinski definition) is 1. The van der Waals surface area contributed by atoms with Gasteiger partial charge in [0.2, 0.25) is 0 Å². The molecule has 0 saturated carbocycles. The smallest absolute Gasteiger partial charge is 0.166 e. The van der Waals surface area contributed by atoms with Crippen molar-refractivity contribution in [2.24, 2.45) is 11.7 Å². The fourth-order valence-corrected chi connectivity index (χ4v) is 1.16. The molecule has 0 spiro atoms. The molecule has 2 nitrogen and oxygen atoms in total. The van der Waals surface area contributed by atoms with E-state index >= 15 is 0 Å². The summed E-state index contributed by atoms with van der Waals surface area (Å²) in [6, 6.07) is 8.40. The van der Waals surface area contributed by atoms with Crippen molar-refractivity contribution in [3.8, 4) is 0 Å². The average molecular weight is 176 g/mol. The number of ketones is 1. The van der Waals surface area contributed by atoms with Crippen LogP contribution in [0.2, 0.25) is 0 Å². The van der Waals surface area contributed by atoms with Gasteiger partial charge in [-0.3, -0.25) is 4.79 Å². The third-order valence-electron chi connectivity index (χ3n) is 1.93. The van der Waals surface area contributed by atoms with Crippen LogP contribution in [0.4, 0.5) is 0 Å². The molecule has 69 valence electrons. The zero-order chi connectivity index (χ0) is 9.84. The number of rotatable bonds is 3. The zero-order valence-corrected chi connectivity index (χ0v) is 8.00. The molecule has 0 saturated heterocycles. The van der Waals surface area contributed by atoms with Crippen molar-refractivity contribution >= 4 is 5.78 Å². The van der Waals surface area contributed by atoms with Crippen LogP contribution in [0.15, 0.2) is 18.2 Å².